The third kappa shape index (κ3) is 15.3. The maximum atomic E-state index is 12.4. The topological polar surface area (TPSA) is 38.3 Å². The molecule has 0 unspecified atom stereocenters. The number of nitrogens with one attached hydrogen (secondary N) is 1. The monoisotopic (exact) mass is 453 g/mol. The van der Waals surface area contributed by atoms with E-state index >= 15 is 0 Å². The summed E-state index contributed by atoms with van der Waals surface area (Å²) >= 11 is 1.92. The van der Waals surface area contributed by atoms with Gasteiger partial charge in [-0.15, -0.1) is 0 Å². The quantitative estimate of drug-likeness (QED) is 0.362. The normalized spacial score (nSPS) is 21.8. The fraction of sp³-hybridized carbons (Fsp3) is 0.963. The molecule has 0 aromatic rings. The molecule has 182 valence electrons. The van der Waals surface area contributed by atoms with Crippen molar-refractivity contribution in [1.29, 1.82) is 0 Å². The van der Waals surface area contributed by atoms with Gasteiger partial charge in [0, 0.05) is 24.8 Å². The molecule has 2 saturated carbocycles. The molecular weight excluding hydrogens is 402 g/mol. The first-order chi connectivity index (χ1) is 15.3. The van der Waals surface area contributed by atoms with Gasteiger partial charge in [-0.1, -0.05) is 96.3 Å². The molecule has 0 aromatic heterocycles. The summed E-state index contributed by atoms with van der Waals surface area (Å²) in [5.74, 6) is 2.33. The van der Waals surface area contributed by atoms with Crippen LogP contribution in [0.15, 0.2) is 0 Å². The van der Waals surface area contributed by atoms with Crippen molar-refractivity contribution in [1.82, 2.24) is 5.32 Å². The Morgan fingerprint density at radius 1 is 0.677 bits per heavy atom. The number of amides is 1. The molecule has 0 spiro atoms. The van der Waals surface area contributed by atoms with Crippen molar-refractivity contribution in [2.75, 3.05) is 18.1 Å². The third-order valence-electron chi connectivity index (χ3n) is 7.03. The van der Waals surface area contributed by atoms with Crippen LogP contribution in [-0.2, 0) is 9.53 Å². The molecule has 2 fully saturated rings. The van der Waals surface area contributed by atoms with E-state index < -0.39 is 0 Å². The smallest absolute Gasteiger partial charge is 0.221 e. The number of carbonyl (C=O) groups is 1. The highest BCUT2D eigenvalue weighted by Crippen LogP contribution is 2.20. The molecule has 0 aliphatic heterocycles. The average Bonchev–Trinajstić information content (AvgIpc) is 2.83. The molecule has 4 heteroatoms. The largest absolute Gasteiger partial charge is 0.378 e. The van der Waals surface area contributed by atoms with Crippen LogP contribution in [0.3, 0.4) is 0 Å². The Bertz CT molecular complexity index is 409. The van der Waals surface area contributed by atoms with Crippen LogP contribution in [0.25, 0.3) is 0 Å². The molecule has 2 rings (SSSR count). The minimum Gasteiger partial charge on any atom is -0.378 e. The van der Waals surface area contributed by atoms with Gasteiger partial charge in [0.25, 0.3) is 0 Å². The molecule has 1 N–H and O–H groups in total. The Kier molecular flexibility index (Phi) is 16.8. The fourth-order valence-corrected chi connectivity index (χ4v) is 5.90. The van der Waals surface area contributed by atoms with Crippen LogP contribution in [0, 0.1) is 0 Å². The van der Waals surface area contributed by atoms with Gasteiger partial charge in [-0.3, -0.25) is 4.79 Å². The van der Waals surface area contributed by atoms with Crippen LogP contribution in [0.1, 0.15) is 135 Å². The van der Waals surface area contributed by atoms with Gasteiger partial charge in [-0.2, -0.15) is 11.8 Å². The van der Waals surface area contributed by atoms with Crippen molar-refractivity contribution in [3.63, 3.8) is 0 Å². The minimum absolute atomic E-state index is 0.269. The predicted octanol–water partition coefficient (Wildman–Crippen LogP) is 7.81. The third-order valence-corrected chi connectivity index (χ3v) is 8.10. The lowest BCUT2D eigenvalue weighted by atomic mass is 9.99. The van der Waals surface area contributed by atoms with Crippen molar-refractivity contribution in [3.8, 4) is 0 Å². The van der Waals surface area contributed by atoms with Crippen LogP contribution >= 0.6 is 11.8 Å². The molecule has 3 nitrogen and oxygen atoms in total. The van der Waals surface area contributed by atoms with Crippen molar-refractivity contribution >= 4 is 17.7 Å². The number of carbonyl (C=O) groups excluding carboxylic acids is 1. The van der Waals surface area contributed by atoms with E-state index in [2.05, 4.69) is 5.32 Å². The van der Waals surface area contributed by atoms with E-state index in [0.29, 0.717) is 18.6 Å². The predicted molar refractivity (Wildman–Crippen MR) is 136 cm³/mol. The van der Waals surface area contributed by atoms with Gasteiger partial charge in [0.1, 0.15) is 0 Å². The second-order valence-electron chi connectivity index (χ2n) is 9.93. The zero-order valence-corrected chi connectivity index (χ0v) is 21.2. The first-order valence-corrected chi connectivity index (χ1v) is 15.0. The van der Waals surface area contributed by atoms with Gasteiger partial charge in [0.2, 0.25) is 5.91 Å². The lowest BCUT2D eigenvalue weighted by molar-refractivity contribution is -0.121. The molecule has 0 heterocycles. The van der Waals surface area contributed by atoms with Gasteiger partial charge < -0.3 is 10.1 Å². The lowest BCUT2D eigenvalue weighted by Crippen LogP contribution is -2.35. The maximum Gasteiger partial charge on any atom is 0.221 e. The molecule has 0 saturated heterocycles. The van der Waals surface area contributed by atoms with Gasteiger partial charge >= 0.3 is 0 Å². The van der Waals surface area contributed by atoms with E-state index in [1.807, 2.05) is 11.8 Å². The highest BCUT2D eigenvalue weighted by molar-refractivity contribution is 7.99. The van der Waals surface area contributed by atoms with E-state index in [1.165, 1.54) is 122 Å². The first kappa shape index (κ1) is 27.0. The Balaban J connectivity index is 1.47. The molecule has 1 amide bonds. The molecule has 31 heavy (non-hydrogen) atoms. The Morgan fingerprint density at radius 3 is 1.71 bits per heavy atom. The molecule has 0 radical (unpaired) electrons. The zero-order valence-electron chi connectivity index (χ0n) is 20.4. The van der Waals surface area contributed by atoms with Crippen LogP contribution in [-0.4, -0.2) is 36.2 Å². The van der Waals surface area contributed by atoms with Crippen molar-refractivity contribution in [3.05, 3.63) is 0 Å². The van der Waals surface area contributed by atoms with Crippen LogP contribution in [0.5, 0.6) is 0 Å². The van der Waals surface area contributed by atoms with Gasteiger partial charge in [0.05, 0.1) is 6.10 Å². The van der Waals surface area contributed by atoms with E-state index in [4.69, 9.17) is 4.74 Å². The van der Waals surface area contributed by atoms with Gasteiger partial charge in [-0.25, -0.2) is 0 Å². The Labute approximate surface area is 197 Å². The zero-order chi connectivity index (χ0) is 21.8. The van der Waals surface area contributed by atoms with E-state index in [9.17, 15) is 4.79 Å². The summed E-state index contributed by atoms with van der Waals surface area (Å²) in [5, 5.41) is 3.34. The molecule has 0 atom stereocenters. The second kappa shape index (κ2) is 19.3. The molecule has 2 aliphatic carbocycles. The number of hydrogen-bond acceptors (Lipinski definition) is 3. The molecule has 0 aromatic carbocycles. The number of thioether (sulfide) groups is 1. The summed E-state index contributed by atoms with van der Waals surface area (Å²) in [6.07, 6.45) is 27.7. The van der Waals surface area contributed by atoms with Crippen molar-refractivity contribution in [2.45, 2.75) is 147 Å². The van der Waals surface area contributed by atoms with Crippen molar-refractivity contribution < 1.29 is 9.53 Å². The number of rotatable bonds is 9. The standard InChI is InChI=1S/C27H51NO2S/c29-27(28-25-17-12-8-4-1-2-5-9-13-18-25)21-24-31-23-16-22-30-26-19-14-10-6-3-7-11-15-20-26/h25-26H,1-24H2,(H,28,29). The van der Waals surface area contributed by atoms with Gasteiger partial charge in [0.15, 0.2) is 0 Å². The molecule has 2 aliphatic rings. The highest BCUT2D eigenvalue weighted by atomic mass is 32.2. The van der Waals surface area contributed by atoms with Gasteiger partial charge in [-0.05, 0) is 37.9 Å². The van der Waals surface area contributed by atoms with Crippen LogP contribution < -0.4 is 5.32 Å². The number of hydrogen-bond donors (Lipinski definition) is 1. The highest BCUT2D eigenvalue weighted by Gasteiger charge is 2.13. The Hall–Kier alpha value is -0.220. The van der Waals surface area contributed by atoms with E-state index in [0.717, 1.165) is 24.5 Å². The summed E-state index contributed by atoms with van der Waals surface area (Å²) in [7, 11) is 0. The van der Waals surface area contributed by atoms with Crippen molar-refractivity contribution in [2.24, 2.45) is 0 Å². The number of ether oxygens (including phenoxy) is 1. The van der Waals surface area contributed by atoms with E-state index in [1.54, 1.807) is 0 Å². The van der Waals surface area contributed by atoms with Crippen LogP contribution in [0.4, 0.5) is 0 Å². The van der Waals surface area contributed by atoms with Crippen LogP contribution in [0.2, 0.25) is 0 Å². The second-order valence-corrected chi connectivity index (χ2v) is 11.2. The summed E-state index contributed by atoms with van der Waals surface area (Å²) in [4.78, 5) is 12.4. The minimum atomic E-state index is 0.269. The first-order valence-electron chi connectivity index (χ1n) is 13.8. The fourth-order valence-electron chi connectivity index (χ4n) is 5.05. The lowest BCUT2D eigenvalue weighted by Gasteiger charge is -2.19. The maximum absolute atomic E-state index is 12.4. The SMILES string of the molecule is O=C(CCSCCCOC1CCCCCCCCC1)NC1CCCCCCCCCC1. The van der Waals surface area contributed by atoms with E-state index in [-0.39, 0.29) is 5.91 Å². The summed E-state index contributed by atoms with van der Waals surface area (Å²) in [6.45, 7) is 0.895. The summed E-state index contributed by atoms with van der Waals surface area (Å²) < 4.78 is 6.20. The summed E-state index contributed by atoms with van der Waals surface area (Å²) in [5.41, 5.74) is 0. The summed E-state index contributed by atoms with van der Waals surface area (Å²) in [6, 6.07) is 0.418. The molecule has 0 bridgehead atoms. The molecular formula is C27H51NO2S. The average molecular weight is 454 g/mol. The Morgan fingerprint density at radius 2 is 1.16 bits per heavy atom.